The third kappa shape index (κ3) is 2.40. The van der Waals surface area contributed by atoms with E-state index in [9.17, 15) is 0 Å². The molecule has 1 aromatic carbocycles. The number of rotatable bonds is 2. The van der Waals surface area contributed by atoms with E-state index in [1.165, 1.54) is 11.4 Å². The Labute approximate surface area is 128 Å². The fraction of sp³-hybridized carbons (Fsp3) is 0.647. The van der Waals surface area contributed by atoms with E-state index in [0.29, 0.717) is 6.04 Å². The smallest absolute Gasteiger partial charge is 0.0609 e. The van der Waals surface area contributed by atoms with Crippen LogP contribution in [0.15, 0.2) is 24.3 Å². The maximum atomic E-state index is 6.29. The number of likely N-dealkylation sites (N-methyl/N-ethyl adjacent to an activating group) is 1. The van der Waals surface area contributed by atoms with Crippen molar-refractivity contribution in [2.75, 3.05) is 50.1 Å². The van der Waals surface area contributed by atoms with Crippen LogP contribution < -0.4 is 15.5 Å². The molecule has 0 amide bonds. The van der Waals surface area contributed by atoms with E-state index in [4.69, 9.17) is 5.73 Å². The van der Waals surface area contributed by atoms with Crippen molar-refractivity contribution >= 4 is 11.4 Å². The summed E-state index contributed by atoms with van der Waals surface area (Å²) in [6.45, 7) is 6.34. The van der Waals surface area contributed by atoms with Gasteiger partial charge in [-0.15, -0.1) is 0 Å². The van der Waals surface area contributed by atoms with Gasteiger partial charge in [-0.05, 0) is 38.9 Å². The van der Waals surface area contributed by atoms with Crippen molar-refractivity contribution in [2.45, 2.75) is 31.3 Å². The molecule has 3 rings (SSSR count). The van der Waals surface area contributed by atoms with Crippen molar-refractivity contribution in [1.82, 2.24) is 4.90 Å². The average Bonchev–Trinajstić information content (AvgIpc) is 2.51. The number of fused-ring (bicyclic) bond motifs is 1. The van der Waals surface area contributed by atoms with E-state index in [0.717, 1.165) is 39.0 Å². The van der Waals surface area contributed by atoms with E-state index >= 15 is 0 Å². The van der Waals surface area contributed by atoms with Crippen molar-refractivity contribution in [1.29, 1.82) is 0 Å². The van der Waals surface area contributed by atoms with Gasteiger partial charge in [0.2, 0.25) is 0 Å². The van der Waals surface area contributed by atoms with Gasteiger partial charge in [0.15, 0.2) is 0 Å². The number of likely N-dealkylation sites (tertiary alicyclic amines) is 1. The highest BCUT2D eigenvalue weighted by atomic mass is 15.3. The first-order chi connectivity index (χ1) is 10.1. The van der Waals surface area contributed by atoms with Gasteiger partial charge < -0.3 is 20.4 Å². The maximum Gasteiger partial charge on any atom is 0.0609 e. The van der Waals surface area contributed by atoms with Gasteiger partial charge in [0.1, 0.15) is 0 Å². The molecule has 2 heterocycles. The van der Waals surface area contributed by atoms with Gasteiger partial charge >= 0.3 is 0 Å². The zero-order chi connectivity index (χ0) is 15.0. The number of anilines is 2. The Balaban J connectivity index is 1.97. The quantitative estimate of drug-likeness (QED) is 0.899. The minimum absolute atomic E-state index is 0.114. The van der Waals surface area contributed by atoms with Gasteiger partial charge in [0.25, 0.3) is 0 Å². The summed E-state index contributed by atoms with van der Waals surface area (Å²) in [5, 5.41) is 0. The lowest BCUT2D eigenvalue weighted by molar-refractivity contribution is 0.129. The van der Waals surface area contributed by atoms with E-state index in [1.807, 2.05) is 0 Å². The van der Waals surface area contributed by atoms with E-state index in [1.54, 1.807) is 0 Å². The Hall–Kier alpha value is -1.26. The second-order valence-corrected chi connectivity index (χ2v) is 6.77. The van der Waals surface area contributed by atoms with Crippen LogP contribution in [0.3, 0.4) is 0 Å². The Morgan fingerprint density at radius 2 is 1.86 bits per heavy atom. The maximum absolute atomic E-state index is 6.29. The molecule has 2 aliphatic rings. The number of nitrogens with two attached hydrogens (primary N) is 1. The predicted molar refractivity (Wildman–Crippen MR) is 90.2 cm³/mol. The Morgan fingerprint density at radius 1 is 1.14 bits per heavy atom. The number of hydrogen-bond donors (Lipinski definition) is 1. The van der Waals surface area contributed by atoms with Crippen molar-refractivity contribution in [3.63, 3.8) is 0 Å². The van der Waals surface area contributed by atoms with Crippen LogP contribution in [0.5, 0.6) is 0 Å². The third-order valence-corrected chi connectivity index (χ3v) is 5.55. The Morgan fingerprint density at radius 3 is 2.52 bits per heavy atom. The molecule has 4 heteroatoms. The average molecular weight is 288 g/mol. The van der Waals surface area contributed by atoms with E-state index < -0.39 is 0 Å². The number of benzene rings is 1. The summed E-state index contributed by atoms with van der Waals surface area (Å²) >= 11 is 0. The van der Waals surface area contributed by atoms with E-state index in [2.05, 4.69) is 60.0 Å². The van der Waals surface area contributed by atoms with Crippen LogP contribution in [0.2, 0.25) is 0 Å². The van der Waals surface area contributed by atoms with Crippen LogP contribution in [0.4, 0.5) is 11.4 Å². The van der Waals surface area contributed by atoms with Crippen molar-refractivity contribution in [2.24, 2.45) is 5.73 Å². The molecular formula is C17H28N4. The molecule has 0 spiro atoms. The van der Waals surface area contributed by atoms with Gasteiger partial charge in [0, 0.05) is 39.3 Å². The largest absolute Gasteiger partial charge is 0.371 e. The summed E-state index contributed by atoms with van der Waals surface area (Å²) in [6.07, 6.45) is 2.31. The second kappa shape index (κ2) is 5.50. The highest BCUT2D eigenvalue weighted by Crippen LogP contribution is 2.40. The molecule has 1 saturated heterocycles. The first kappa shape index (κ1) is 14.7. The van der Waals surface area contributed by atoms with Crippen LogP contribution in [0, 0.1) is 0 Å². The summed E-state index contributed by atoms with van der Waals surface area (Å²) < 4.78 is 0. The molecule has 0 saturated carbocycles. The van der Waals surface area contributed by atoms with Gasteiger partial charge in [-0.2, -0.15) is 0 Å². The molecule has 2 N–H and O–H groups in total. The topological polar surface area (TPSA) is 35.7 Å². The van der Waals surface area contributed by atoms with Gasteiger partial charge in [-0.1, -0.05) is 12.1 Å². The van der Waals surface area contributed by atoms with Crippen LogP contribution in [-0.4, -0.2) is 56.8 Å². The van der Waals surface area contributed by atoms with Gasteiger partial charge in [-0.3, -0.25) is 0 Å². The first-order valence-corrected chi connectivity index (χ1v) is 8.05. The van der Waals surface area contributed by atoms with Crippen LogP contribution in [-0.2, 0) is 0 Å². The standard InChI is InChI=1S/C17H28N4/c1-14-12-17(13-18,8-9-19(14)2)21-11-10-20(3)15-6-4-5-7-16(15)21/h4-7,14H,8-13,18H2,1-3H3. The minimum atomic E-state index is 0.114. The third-order valence-electron chi connectivity index (χ3n) is 5.55. The molecule has 116 valence electrons. The fourth-order valence-corrected chi connectivity index (χ4v) is 3.95. The number of hydrogen-bond acceptors (Lipinski definition) is 4. The molecule has 1 aromatic rings. The summed E-state index contributed by atoms with van der Waals surface area (Å²) in [6, 6.07) is 9.35. The highest BCUT2D eigenvalue weighted by molar-refractivity contribution is 5.74. The molecule has 4 nitrogen and oxygen atoms in total. The summed E-state index contributed by atoms with van der Waals surface area (Å²) in [5.74, 6) is 0. The lowest BCUT2D eigenvalue weighted by atomic mass is 9.81. The molecule has 2 unspecified atom stereocenters. The van der Waals surface area contributed by atoms with Crippen LogP contribution in [0.1, 0.15) is 19.8 Å². The molecule has 0 aromatic heterocycles. The predicted octanol–water partition coefficient (Wildman–Crippen LogP) is 1.75. The summed E-state index contributed by atoms with van der Waals surface area (Å²) in [5.41, 5.74) is 9.10. The lowest BCUT2D eigenvalue weighted by Gasteiger charge is -2.54. The second-order valence-electron chi connectivity index (χ2n) is 6.77. The fourth-order valence-electron chi connectivity index (χ4n) is 3.95. The lowest BCUT2D eigenvalue weighted by Crippen LogP contribution is -2.63. The molecule has 2 aliphatic heterocycles. The van der Waals surface area contributed by atoms with Crippen LogP contribution >= 0.6 is 0 Å². The molecule has 1 fully saturated rings. The van der Waals surface area contributed by atoms with Crippen molar-refractivity contribution in [3.05, 3.63) is 24.3 Å². The highest BCUT2D eigenvalue weighted by Gasteiger charge is 2.42. The number of para-hydroxylation sites is 2. The van der Waals surface area contributed by atoms with E-state index in [-0.39, 0.29) is 5.54 Å². The van der Waals surface area contributed by atoms with Crippen molar-refractivity contribution < 1.29 is 0 Å². The molecule has 2 atom stereocenters. The SMILES string of the molecule is CC1CC(CN)(N2CCN(C)c3ccccc32)CCN1C. The zero-order valence-electron chi connectivity index (χ0n) is 13.5. The normalized spacial score (nSPS) is 30.4. The monoisotopic (exact) mass is 288 g/mol. The molecule has 21 heavy (non-hydrogen) atoms. The Kier molecular flexibility index (Phi) is 3.84. The molecule has 0 bridgehead atoms. The number of piperidine rings is 1. The molecule has 0 aliphatic carbocycles. The number of nitrogens with zero attached hydrogens (tertiary/aromatic N) is 3. The summed E-state index contributed by atoms with van der Waals surface area (Å²) in [7, 11) is 4.41. The van der Waals surface area contributed by atoms with Gasteiger partial charge in [-0.25, -0.2) is 0 Å². The van der Waals surface area contributed by atoms with Crippen LogP contribution in [0.25, 0.3) is 0 Å². The zero-order valence-corrected chi connectivity index (χ0v) is 13.5. The molecular weight excluding hydrogens is 260 g/mol. The summed E-state index contributed by atoms with van der Waals surface area (Å²) in [4.78, 5) is 7.41. The Bertz CT molecular complexity index is 503. The van der Waals surface area contributed by atoms with Crippen molar-refractivity contribution in [3.8, 4) is 0 Å². The first-order valence-electron chi connectivity index (χ1n) is 8.05. The minimum Gasteiger partial charge on any atom is -0.371 e. The molecule has 0 radical (unpaired) electrons. The van der Waals surface area contributed by atoms with Gasteiger partial charge in [0.05, 0.1) is 16.9 Å².